The first kappa shape index (κ1) is 15.2. The summed E-state index contributed by atoms with van der Waals surface area (Å²) in [7, 11) is 1.66. The maximum atomic E-state index is 5.83. The van der Waals surface area contributed by atoms with Gasteiger partial charge in [-0.3, -0.25) is 0 Å². The molecule has 2 aromatic carbocycles. The molecule has 0 atom stereocenters. The van der Waals surface area contributed by atoms with Crippen LogP contribution in [0.1, 0.15) is 22.5 Å². The van der Waals surface area contributed by atoms with Crippen LogP contribution in [0.25, 0.3) is 5.69 Å². The number of benzene rings is 2. The Labute approximate surface area is 135 Å². The quantitative estimate of drug-likeness (QED) is 0.787. The normalized spacial score (nSPS) is 10.7. The molecule has 0 radical (unpaired) electrons. The monoisotopic (exact) mass is 308 g/mol. The highest BCUT2D eigenvalue weighted by atomic mass is 16.5. The summed E-state index contributed by atoms with van der Waals surface area (Å²) in [6.07, 6.45) is 0.720. The lowest BCUT2D eigenvalue weighted by molar-refractivity contribution is 0.414. The minimum absolute atomic E-state index is 0.372. The van der Waals surface area contributed by atoms with Crippen LogP contribution in [-0.2, 0) is 13.0 Å². The average molecular weight is 308 g/mol. The van der Waals surface area contributed by atoms with Crippen LogP contribution in [0.5, 0.6) is 5.75 Å². The van der Waals surface area contributed by atoms with Crippen molar-refractivity contribution in [2.45, 2.75) is 19.9 Å². The third kappa shape index (κ3) is 3.24. The van der Waals surface area contributed by atoms with Crippen LogP contribution < -0.4 is 10.5 Å². The van der Waals surface area contributed by atoms with Crippen molar-refractivity contribution in [2.24, 2.45) is 5.73 Å². The van der Waals surface area contributed by atoms with Gasteiger partial charge in [0.15, 0.2) is 0 Å². The largest absolute Gasteiger partial charge is 0.497 e. The Morgan fingerprint density at radius 3 is 2.35 bits per heavy atom. The molecule has 5 heteroatoms. The molecule has 23 heavy (non-hydrogen) atoms. The summed E-state index contributed by atoms with van der Waals surface area (Å²) in [5.74, 6) is 0.845. The van der Waals surface area contributed by atoms with Gasteiger partial charge in [-0.25, -0.2) is 4.68 Å². The van der Waals surface area contributed by atoms with E-state index in [1.807, 2.05) is 41.1 Å². The van der Waals surface area contributed by atoms with E-state index in [1.165, 1.54) is 5.56 Å². The number of hydrogen-bond donors (Lipinski definition) is 1. The minimum Gasteiger partial charge on any atom is -0.497 e. The number of hydrogen-bond acceptors (Lipinski definition) is 4. The lowest BCUT2D eigenvalue weighted by atomic mass is 10.1. The van der Waals surface area contributed by atoms with Crippen LogP contribution in [0, 0.1) is 6.92 Å². The van der Waals surface area contributed by atoms with E-state index in [1.54, 1.807) is 7.11 Å². The molecule has 0 saturated carbocycles. The van der Waals surface area contributed by atoms with E-state index in [9.17, 15) is 0 Å². The molecule has 0 bridgehead atoms. The fourth-order valence-electron chi connectivity index (χ4n) is 2.50. The van der Waals surface area contributed by atoms with E-state index in [-0.39, 0.29) is 0 Å². The zero-order valence-corrected chi connectivity index (χ0v) is 13.4. The van der Waals surface area contributed by atoms with Gasteiger partial charge in [0.2, 0.25) is 0 Å². The Morgan fingerprint density at radius 1 is 1.04 bits per heavy atom. The number of nitrogens with zero attached hydrogens (tertiary/aromatic N) is 3. The summed E-state index contributed by atoms with van der Waals surface area (Å²) in [5, 5.41) is 8.51. The van der Waals surface area contributed by atoms with Gasteiger partial charge in [-0.05, 0) is 36.8 Å². The Balaban J connectivity index is 1.96. The second-order valence-corrected chi connectivity index (χ2v) is 5.46. The molecule has 0 amide bonds. The van der Waals surface area contributed by atoms with Gasteiger partial charge >= 0.3 is 0 Å². The number of methoxy groups -OCH3 is 1. The van der Waals surface area contributed by atoms with Crippen molar-refractivity contribution in [1.29, 1.82) is 0 Å². The van der Waals surface area contributed by atoms with Crippen molar-refractivity contribution in [2.75, 3.05) is 7.11 Å². The predicted molar refractivity (Wildman–Crippen MR) is 89.8 cm³/mol. The Hall–Kier alpha value is -2.66. The SMILES string of the molecule is COc1ccc(Cc2c(CN)nnn2-c2ccc(C)cc2)cc1. The molecule has 1 aromatic heterocycles. The second-order valence-electron chi connectivity index (χ2n) is 5.46. The second kappa shape index (κ2) is 6.62. The zero-order chi connectivity index (χ0) is 16.2. The fraction of sp³-hybridized carbons (Fsp3) is 0.222. The van der Waals surface area contributed by atoms with Gasteiger partial charge < -0.3 is 10.5 Å². The lowest BCUT2D eigenvalue weighted by Gasteiger charge is -2.09. The van der Waals surface area contributed by atoms with E-state index in [0.29, 0.717) is 6.54 Å². The molecular formula is C18H20N4O. The molecule has 3 rings (SSSR count). The summed E-state index contributed by atoms with van der Waals surface area (Å²) >= 11 is 0. The molecule has 0 spiro atoms. The van der Waals surface area contributed by atoms with Crippen molar-refractivity contribution in [3.8, 4) is 11.4 Å². The number of aryl methyl sites for hydroxylation is 1. The molecule has 0 aliphatic heterocycles. The van der Waals surface area contributed by atoms with E-state index < -0.39 is 0 Å². The van der Waals surface area contributed by atoms with Gasteiger partial charge in [0.1, 0.15) is 11.4 Å². The molecule has 0 aliphatic rings. The Morgan fingerprint density at radius 2 is 1.74 bits per heavy atom. The van der Waals surface area contributed by atoms with Crippen molar-refractivity contribution in [3.63, 3.8) is 0 Å². The molecule has 5 nitrogen and oxygen atoms in total. The highest BCUT2D eigenvalue weighted by molar-refractivity contribution is 5.38. The molecule has 118 valence electrons. The highest BCUT2D eigenvalue weighted by Gasteiger charge is 2.14. The Kier molecular flexibility index (Phi) is 4.39. The Bertz CT molecular complexity index is 776. The standard InChI is InChI=1S/C18H20N4O/c1-13-3-7-15(8-4-13)22-18(17(12-19)20-21-22)11-14-5-9-16(23-2)10-6-14/h3-10H,11-12,19H2,1-2H3. The van der Waals surface area contributed by atoms with E-state index in [4.69, 9.17) is 10.5 Å². The van der Waals surface area contributed by atoms with E-state index >= 15 is 0 Å². The molecule has 0 saturated heterocycles. The van der Waals surface area contributed by atoms with Crippen LogP contribution in [-0.4, -0.2) is 22.1 Å². The number of rotatable bonds is 5. The maximum absolute atomic E-state index is 5.83. The summed E-state index contributed by atoms with van der Waals surface area (Å²) in [4.78, 5) is 0. The molecule has 0 aliphatic carbocycles. The first-order valence-electron chi connectivity index (χ1n) is 7.54. The van der Waals surface area contributed by atoms with E-state index in [0.717, 1.165) is 34.8 Å². The maximum Gasteiger partial charge on any atom is 0.118 e. The first-order valence-corrected chi connectivity index (χ1v) is 7.54. The molecule has 0 fully saturated rings. The van der Waals surface area contributed by atoms with Gasteiger partial charge in [0, 0.05) is 13.0 Å². The summed E-state index contributed by atoms with van der Waals surface area (Å²) < 4.78 is 7.07. The molecule has 3 aromatic rings. The number of aromatic nitrogens is 3. The summed E-state index contributed by atoms with van der Waals surface area (Å²) in [6, 6.07) is 16.2. The molecule has 1 heterocycles. The van der Waals surface area contributed by atoms with Crippen molar-refractivity contribution in [1.82, 2.24) is 15.0 Å². The zero-order valence-electron chi connectivity index (χ0n) is 13.4. The smallest absolute Gasteiger partial charge is 0.118 e. The average Bonchev–Trinajstić information content (AvgIpc) is 2.99. The third-order valence-corrected chi connectivity index (χ3v) is 3.85. The number of ether oxygens (including phenoxy) is 1. The topological polar surface area (TPSA) is 66.0 Å². The lowest BCUT2D eigenvalue weighted by Crippen LogP contribution is -2.07. The van der Waals surface area contributed by atoms with Crippen molar-refractivity contribution in [3.05, 3.63) is 71.0 Å². The van der Waals surface area contributed by atoms with Gasteiger partial charge in [0.25, 0.3) is 0 Å². The van der Waals surface area contributed by atoms with E-state index in [2.05, 4.69) is 29.4 Å². The van der Waals surface area contributed by atoms with Crippen LogP contribution in [0.4, 0.5) is 0 Å². The minimum atomic E-state index is 0.372. The van der Waals surface area contributed by atoms with Crippen LogP contribution in [0.3, 0.4) is 0 Å². The first-order chi connectivity index (χ1) is 11.2. The number of nitrogens with two attached hydrogens (primary N) is 1. The van der Waals surface area contributed by atoms with Crippen LogP contribution >= 0.6 is 0 Å². The van der Waals surface area contributed by atoms with Gasteiger partial charge in [-0.1, -0.05) is 35.0 Å². The van der Waals surface area contributed by atoms with Gasteiger partial charge in [-0.2, -0.15) is 0 Å². The van der Waals surface area contributed by atoms with Crippen molar-refractivity contribution >= 4 is 0 Å². The summed E-state index contributed by atoms with van der Waals surface area (Å²) in [6.45, 7) is 2.44. The van der Waals surface area contributed by atoms with Gasteiger partial charge in [-0.15, -0.1) is 5.10 Å². The summed E-state index contributed by atoms with van der Waals surface area (Å²) in [5.41, 5.74) is 11.0. The molecule has 0 unspecified atom stereocenters. The molecular weight excluding hydrogens is 288 g/mol. The molecule has 2 N–H and O–H groups in total. The highest BCUT2D eigenvalue weighted by Crippen LogP contribution is 2.19. The predicted octanol–water partition coefficient (Wildman–Crippen LogP) is 2.63. The van der Waals surface area contributed by atoms with Crippen molar-refractivity contribution < 1.29 is 4.74 Å². The van der Waals surface area contributed by atoms with Gasteiger partial charge in [0.05, 0.1) is 18.5 Å². The van der Waals surface area contributed by atoms with Crippen LogP contribution in [0.2, 0.25) is 0 Å². The van der Waals surface area contributed by atoms with Crippen LogP contribution in [0.15, 0.2) is 48.5 Å². The fourth-order valence-corrected chi connectivity index (χ4v) is 2.50. The third-order valence-electron chi connectivity index (χ3n) is 3.85.